The van der Waals surface area contributed by atoms with Crippen LogP contribution in [0.5, 0.6) is 0 Å². The molecule has 74 valence electrons. The molecule has 3 nitrogen and oxygen atoms in total. The Kier molecular flexibility index (Phi) is 4.42. The van der Waals surface area contributed by atoms with Gasteiger partial charge in [0.25, 0.3) is 0 Å². The van der Waals surface area contributed by atoms with Gasteiger partial charge in [-0.3, -0.25) is 0 Å². The smallest absolute Gasteiger partial charge is 0.331 e. The van der Waals surface area contributed by atoms with Crippen molar-refractivity contribution in [2.24, 2.45) is 0 Å². The fourth-order valence-corrected chi connectivity index (χ4v) is 0.589. The number of carboxylic acid groups (broad SMARTS) is 1. The zero-order valence-corrected chi connectivity index (χ0v) is 8.24. The highest BCUT2D eigenvalue weighted by molar-refractivity contribution is 5.86. The zero-order valence-electron chi connectivity index (χ0n) is 8.24. The number of hydrogen-bond acceptors (Lipinski definition) is 2. The lowest BCUT2D eigenvalue weighted by atomic mass is 10.0. The van der Waals surface area contributed by atoms with E-state index < -0.39 is 11.6 Å². The van der Waals surface area contributed by atoms with Crippen LogP contribution in [-0.2, 0) is 4.79 Å². The van der Waals surface area contributed by atoms with Gasteiger partial charge in [0.05, 0.1) is 5.60 Å². The zero-order chi connectivity index (χ0) is 10.5. The molecule has 0 aliphatic carbocycles. The van der Waals surface area contributed by atoms with E-state index in [0.29, 0.717) is 6.42 Å². The lowest BCUT2D eigenvalue weighted by Crippen LogP contribution is -2.18. The van der Waals surface area contributed by atoms with Crippen LogP contribution in [0.1, 0.15) is 27.2 Å². The quantitative estimate of drug-likeness (QED) is 0.516. The fourth-order valence-electron chi connectivity index (χ4n) is 0.589. The number of aliphatic carboxylic acids is 1. The second-order valence-electron chi connectivity index (χ2n) is 3.22. The normalized spacial score (nSPS) is 17.4. The van der Waals surface area contributed by atoms with Gasteiger partial charge in [-0.05, 0) is 20.3 Å². The van der Waals surface area contributed by atoms with Crippen molar-refractivity contribution < 1.29 is 15.0 Å². The van der Waals surface area contributed by atoms with Crippen LogP contribution in [0.3, 0.4) is 0 Å². The summed E-state index contributed by atoms with van der Waals surface area (Å²) >= 11 is 0. The Morgan fingerprint density at radius 3 is 2.46 bits per heavy atom. The minimum atomic E-state index is -0.944. The first kappa shape index (κ1) is 11.9. The summed E-state index contributed by atoms with van der Waals surface area (Å²) < 4.78 is 0. The topological polar surface area (TPSA) is 57.5 Å². The summed E-state index contributed by atoms with van der Waals surface area (Å²) in [7, 11) is 0. The third-order valence-electron chi connectivity index (χ3n) is 1.85. The van der Waals surface area contributed by atoms with Crippen LogP contribution in [0.4, 0.5) is 0 Å². The standard InChI is InChI=1S/C10H16O3/c1-4-10(3,13)7-5-6-8(2)9(11)12/h5-7,13H,4H2,1-3H3,(H,11,12). The van der Waals surface area contributed by atoms with Crippen LogP contribution >= 0.6 is 0 Å². The second kappa shape index (κ2) is 4.82. The molecule has 0 heterocycles. The summed E-state index contributed by atoms with van der Waals surface area (Å²) in [6.45, 7) is 5.04. The molecule has 0 aliphatic heterocycles. The van der Waals surface area contributed by atoms with Gasteiger partial charge in [-0.2, -0.15) is 0 Å². The van der Waals surface area contributed by atoms with Crippen LogP contribution in [0.2, 0.25) is 0 Å². The maximum Gasteiger partial charge on any atom is 0.331 e. The fraction of sp³-hybridized carbons (Fsp3) is 0.500. The molecule has 1 unspecified atom stereocenters. The minimum absolute atomic E-state index is 0.253. The molecule has 13 heavy (non-hydrogen) atoms. The second-order valence-corrected chi connectivity index (χ2v) is 3.22. The molecular weight excluding hydrogens is 168 g/mol. The van der Waals surface area contributed by atoms with E-state index in [2.05, 4.69) is 0 Å². The number of hydrogen-bond donors (Lipinski definition) is 2. The van der Waals surface area contributed by atoms with E-state index in [4.69, 9.17) is 5.11 Å². The van der Waals surface area contributed by atoms with Crippen LogP contribution < -0.4 is 0 Å². The molecule has 0 spiro atoms. The van der Waals surface area contributed by atoms with Crippen molar-refractivity contribution in [3.8, 4) is 0 Å². The summed E-state index contributed by atoms with van der Waals surface area (Å²) in [5, 5.41) is 18.0. The monoisotopic (exact) mass is 184 g/mol. The predicted octanol–water partition coefficient (Wildman–Crippen LogP) is 1.73. The van der Waals surface area contributed by atoms with Crippen LogP contribution in [-0.4, -0.2) is 21.8 Å². The largest absolute Gasteiger partial charge is 0.478 e. The number of carboxylic acids is 1. The van der Waals surface area contributed by atoms with Crippen molar-refractivity contribution in [2.75, 3.05) is 0 Å². The van der Waals surface area contributed by atoms with E-state index in [1.54, 1.807) is 19.1 Å². The maximum absolute atomic E-state index is 10.4. The average molecular weight is 184 g/mol. The summed E-state index contributed by atoms with van der Waals surface area (Å²) in [5.41, 5.74) is -0.599. The Hall–Kier alpha value is -1.09. The molecular formula is C10H16O3. The van der Waals surface area contributed by atoms with Crippen molar-refractivity contribution in [1.29, 1.82) is 0 Å². The minimum Gasteiger partial charge on any atom is -0.478 e. The third-order valence-corrected chi connectivity index (χ3v) is 1.85. The highest BCUT2D eigenvalue weighted by atomic mass is 16.4. The van der Waals surface area contributed by atoms with Gasteiger partial charge in [-0.25, -0.2) is 4.79 Å². The molecule has 0 saturated carbocycles. The number of aliphatic hydroxyl groups is 1. The van der Waals surface area contributed by atoms with Crippen molar-refractivity contribution in [1.82, 2.24) is 0 Å². The van der Waals surface area contributed by atoms with E-state index in [9.17, 15) is 9.90 Å². The molecule has 0 aliphatic rings. The SMILES string of the molecule is CCC(C)(O)C=CC=C(C)C(=O)O. The van der Waals surface area contributed by atoms with E-state index in [0.717, 1.165) is 0 Å². The summed E-state index contributed by atoms with van der Waals surface area (Å²) in [5.74, 6) is -0.944. The van der Waals surface area contributed by atoms with E-state index in [1.807, 2.05) is 6.92 Å². The summed E-state index contributed by atoms with van der Waals surface area (Å²) in [6, 6.07) is 0. The molecule has 0 fully saturated rings. The van der Waals surface area contributed by atoms with Crippen LogP contribution in [0.25, 0.3) is 0 Å². The molecule has 0 saturated heterocycles. The van der Waals surface area contributed by atoms with E-state index >= 15 is 0 Å². The van der Waals surface area contributed by atoms with Crippen molar-refractivity contribution >= 4 is 5.97 Å². The molecule has 3 heteroatoms. The Morgan fingerprint density at radius 2 is 2.08 bits per heavy atom. The van der Waals surface area contributed by atoms with Crippen LogP contribution in [0.15, 0.2) is 23.8 Å². The molecule has 2 N–H and O–H groups in total. The predicted molar refractivity (Wildman–Crippen MR) is 51.4 cm³/mol. The van der Waals surface area contributed by atoms with Gasteiger partial charge in [-0.1, -0.05) is 25.2 Å². The van der Waals surface area contributed by atoms with Crippen molar-refractivity contribution in [3.63, 3.8) is 0 Å². The van der Waals surface area contributed by atoms with Crippen molar-refractivity contribution in [3.05, 3.63) is 23.8 Å². The third kappa shape index (κ3) is 5.20. The average Bonchev–Trinajstić information content (AvgIpc) is 2.04. The first-order valence-electron chi connectivity index (χ1n) is 4.21. The first-order valence-corrected chi connectivity index (χ1v) is 4.21. The Balaban J connectivity index is 4.31. The Bertz CT molecular complexity index is 237. The molecule has 0 aromatic rings. The molecule has 0 amide bonds. The van der Waals surface area contributed by atoms with Gasteiger partial charge < -0.3 is 10.2 Å². The first-order chi connectivity index (χ1) is 5.89. The Morgan fingerprint density at radius 1 is 1.54 bits per heavy atom. The van der Waals surface area contributed by atoms with Gasteiger partial charge in [0.1, 0.15) is 0 Å². The summed E-state index contributed by atoms with van der Waals surface area (Å²) in [4.78, 5) is 10.4. The molecule has 0 bridgehead atoms. The highest BCUT2D eigenvalue weighted by Gasteiger charge is 2.11. The molecule has 0 radical (unpaired) electrons. The molecule has 0 aromatic carbocycles. The van der Waals surface area contributed by atoms with Gasteiger partial charge >= 0.3 is 5.97 Å². The van der Waals surface area contributed by atoms with E-state index in [-0.39, 0.29) is 5.57 Å². The molecule has 0 rings (SSSR count). The lowest BCUT2D eigenvalue weighted by Gasteiger charge is -2.14. The lowest BCUT2D eigenvalue weighted by molar-refractivity contribution is -0.132. The molecule has 0 aromatic heterocycles. The van der Waals surface area contributed by atoms with Gasteiger partial charge in [0.15, 0.2) is 0 Å². The van der Waals surface area contributed by atoms with Crippen molar-refractivity contribution in [2.45, 2.75) is 32.8 Å². The summed E-state index contributed by atoms with van der Waals surface area (Å²) in [6.07, 6.45) is 5.21. The number of allylic oxidation sites excluding steroid dienone is 2. The highest BCUT2D eigenvalue weighted by Crippen LogP contribution is 2.09. The number of carbonyl (C=O) groups is 1. The maximum atomic E-state index is 10.4. The Labute approximate surface area is 78.4 Å². The molecule has 1 atom stereocenters. The van der Waals surface area contributed by atoms with Gasteiger partial charge in [0.2, 0.25) is 0 Å². The van der Waals surface area contributed by atoms with Crippen LogP contribution in [0, 0.1) is 0 Å². The van der Waals surface area contributed by atoms with Gasteiger partial charge in [0, 0.05) is 5.57 Å². The van der Waals surface area contributed by atoms with Gasteiger partial charge in [-0.15, -0.1) is 0 Å². The van der Waals surface area contributed by atoms with E-state index in [1.165, 1.54) is 13.0 Å². The number of rotatable bonds is 4.